The van der Waals surface area contributed by atoms with Gasteiger partial charge in [0.25, 0.3) is 0 Å². The van der Waals surface area contributed by atoms with E-state index in [9.17, 15) is 13.2 Å². The summed E-state index contributed by atoms with van der Waals surface area (Å²) in [4.78, 5) is 11.8. The monoisotopic (exact) mass is 317 g/mol. The predicted octanol–water partition coefficient (Wildman–Crippen LogP) is 1.27. The Morgan fingerprint density at radius 2 is 2.05 bits per heavy atom. The van der Waals surface area contributed by atoms with Gasteiger partial charge in [-0.25, -0.2) is 8.42 Å². The second-order valence-electron chi connectivity index (χ2n) is 4.75. The van der Waals surface area contributed by atoms with E-state index >= 15 is 0 Å². The second-order valence-corrected chi connectivity index (χ2v) is 7.17. The number of hydrogen-bond acceptors (Lipinski definition) is 4. The number of rotatable bonds is 5. The Labute approximate surface area is 123 Å². The predicted molar refractivity (Wildman–Crippen MR) is 75.4 cm³/mol. The molecule has 5 nitrogen and oxygen atoms in total. The fourth-order valence-electron chi connectivity index (χ4n) is 1.95. The zero-order valence-corrected chi connectivity index (χ0v) is 12.4. The Kier molecular flexibility index (Phi) is 5.01. The van der Waals surface area contributed by atoms with E-state index in [-0.39, 0.29) is 10.8 Å². The molecule has 1 aliphatic heterocycles. The van der Waals surface area contributed by atoms with Crippen molar-refractivity contribution >= 4 is 27.3 Å². The summed E-state index contributed by atoms with van der Waals surface area (Å²) in [5.74, 6) is -0.772. The lowest BCUT2D eigenvalue weighted by molar-refractivity contribution is -0.118. The van der Waals surface area contributed by atoms with Gasteiger partial charge in [-0.3, -0.25) is 4.79 Å². The third kappa shape index (κ3) is 4.19. The summed E-state index contributed by atoms with van der Waals surface area (Å²) in [5, 5.41) is 3.09. The third-order valence-corrected chi connectivity index (χ3v) is 4.99. The summed E-state index contributed by atoms with van der Waals surface area (Å²) in [6.45, 7) is 1.77. The van der Waals surface area contributed by atoms with Crippen LogP contribution in [0.1, 0.15) is 6.42 Å². The number of ether oxygens (including phenoxy) is 1. The number of carbonyl (C=O) groups excluding carboxylic acids is 1. The average Bonchev–Trinajstić information content (AvgIpc) is 2.89. The van der Waals surface area contributed by atoms with Crippen LogP contribution in [0, 0.1) is 5.92 Å². The molecule has 0 bridgehead atoms. The molecular weight excluding hydrogens is 302 g/mol. The highest BCUT2D eigenvalue weighted by Crippen LogP contribution is 2.15. The second kappa shape index (κ2) is 6.56. The van der Waals surface area contributed by atoms with Crippen molar-refractivity contribution in [2.75, 3.05) is 25.5 Å². The van der Waals surface area contributed by atoms with E-state index in [4.69, 9.17) is 16.3 Å². The average molecular weight is 318 g/mol. The molecule has 1 N–H and O–H groups in total. The zero-order valence-electron chi connectivity index (χ0n) is 10.8. The molecule has 0 radical (unpaired) electrons. The van der Waals surface area contributed by atoms with E-state index in [0.29, 0.717) is 24.8 Å². The molecule has 1 fully saturated rings. The summed E-state index contributed by atoms with van der Waals surface area (Å²) in [5.41, 5.74) is 0. The lowest BCUT2D eigenvalue weighted by atomic mass is 10.1. The van der Waals surface area contributed by atoms with Crippen LogP contribution in [0.4, 0.5) is 0 Å². The molecule has 110 valence electrons. The highest BCUT2D eigenvalue weighted by Gasteiger charge is 2.21. The van der Waals surface area contributed by atoms with E-state index in [0.717, 1.165) is 6.42 Å². The van der Waals surface area contributed by atoms with Crippen LogP contribution in [0.15, 0.2) is 29.2 Å². The van der Waals surface area contributed by atoms with E-state index in [1.54, 1.807) is 0 Å². The summed E-state index contributed by atoms with van der Waals surface area (Å²) in [6.07, 6.45) is 0.893. The fraction of sp³-hybridized carbons (Fsp3) is 0.462. The molecule has 1 aromatic rings. The van der Waals surface area contributed by atoms with Crippen molar-refractivity contribution in [2.24, 2.45) is 5.92 Å². The molecule has 0 unspecified atom stereocenters. The molecular formula is C13H16ClNO4S. The molecule has 0 aromatic heterocycles. The molecule has 1 heterocycles. The SMILES string of the molecule is O=C(CS(=O)(=O)c1ccc(Cl)cc1)NC[C@H]1CCOC1. The number of sulfone groups is 1. The van der Waals surface area contributed by atoms with Crippen LogP contribution in [0.5, 0.6) is 0 Å². The van der Waals surface area contributed by atoms with Gasteiger partial charge in [0.1, 0.15) is 5.75 Å². The smallest absolute Gasteiger partial charge is 0.235 e. The minimum Gasteiger partial charge on any atom is -0.381 e. The highest BCUT2D eigenvalue weighted by molar-refractivity contribution is 7.92. The third-order valence-electron chi connectivity index (χ3n) is 3.11. The molecule has 0 spiro atoms. The van der Waals surface area contributed by atoms with E-state index in [1.807, 2.05) is 0 Å². The van der Waals surface area contributed by atoms with Crippen LogP contribution in [0.25, 0.3) is 0 Å². The Hall–Kier alpha value is -1.11. The van der Waals surface area contributed by atoms with Gasteiger partial charge in [0.15, 0.2) is 9.84 Å². The molecule has 2 rings (SSSR count). The van der Waals surface area contributed by atoms with E-state index in [2.05, 4.69) is 5.32 Å². The molecule has 1 saturated heterocycles. The van der Waals surface area contributed by atoms with Crippen LogP contribution >= 0.6 is 11.6 Å². The van der Waals surface area contributed by atoms with Crippen LogP contribution in [0.2, 0.25) is 5.02 Å². The van der Waals surface area contributed by atoms with Crippen molar-refractivity contribution in [3.63, 3.8) is 0 Å². The molecule has 1 aliphatic rings. The van der Waals surface area contributed by atoms with Crippen LogP contribution < -0.4 is 5.32 Å². The topological polar surface area (TPSA) is 72.5 Å². The number of halogens is 1. The Bertz CT molecular complexity index is 565. The van der Waals surface area contributed by atoms with Gasteiger partial charge in [-0.05, 0) is 30.7 Å². The van der Waals surface area contributed by atoms with Gasteiger partial charge in [-0.2, -0.15) is 0 Å². The summed E-state index contributed by atoms with van der Waals surface area (Å²) in [6, 6.07) is 5.77. The molecule has 1 amide bonds. The van der Waals surface area contributed by atoms with Crippen LogP contribution in [-0.4, -0.2) is 39.8 Å². The molecule has 0 aliphatic carbocycles. The first kappa shape index (κ1) is 15.3. The number of nitrogens with one attached hydrogen (secondary N) is 1. The highest BCUT2D eigenvalue weighted by atomic mass is 35.5. The summed E-state index contributed by atoms with van der Waals surface area (Å²) < 4.78 is 29.2. The standard InChI is InChI=1S/C13H16ClNO4S/c14-11-1-3-12(4-2-11)20(17,18)9-13(16)15-7-10-5-6-19-8-10/h1-4,10H,5-9H2,(H,15,16)/t10-/m1/s1. The van der Waals surface area contributed by atoms with Crippen molar-refractivity contribution < 1.29 is 17.9 Å². The van der Waals surface area contributed by atoms with E-state index < -0.39 is 21.5 Å². The normalized spacial score (nSPS) is 18.9. The lowest BCUT2D eigenvalue weighted by Crippen LogP contribution is -2.34. The quantitative estimate of drug-likeness (QED) is 0.887. The van der Waals surface area contributed by atoms with Crippen molar-refractivity contribution in [2.45, 2.75) is 11.3 Å². The number of amides is 1. The number of carbonyl (C=O) groups is 1. The number of hydrogen-bond donors (Lipinski definition) is 1. The first-order valence-electron chi connectivity index (χ1n) is 6.30. The maximum Gasteiger partial charge on any atom is 0.235 e. The summed E-state index contributed by atoms with van der Waals surface area (Å²) in [7, 11) is -3.62. The van der Waals surface area contributed by atoms with Gasteiger partial charge >= 0.3 is 0 Å². The molecule has 20 heavy (non-hydrogen) atoms. The van der Waals surface area contributed by atoms with Crippen molar-refractivity contribution in [1.29, 1.82) is 0 Å². The van der Waals surface area contributed by atoms with Crippen molar-refractivity contribution in [1.82, 2.24) is 5.32 Å². The first-order chi connectivity index (χ1) is 9.47. The zero-order chi connectivity index (χ0) is 14.6. The van der Waals surface area contributed by atoms with Gasteiger partial charge in [0.05, 0.1) is 11.5 Å². The maximum atomic E-state index is 12.0. The summed E-state index contributed by atoms with van der Waals surface area (Å²) >= 11 is 5.70. The Balaban J connectivity index is 1.90. The van der Waals surface area contributed by atoms with Gasteiger partial charge in [0.2, 0.25) is 5.91 Å². The van der Waals surface area contributed by atoms with Gasteiger partial charge < -0.3 is 10.1 Å². The molecule has 7 heteroatoms. The lowest BCUT2D eigenvalue weighted by Gasteiger charge is -2.10. The van der Waals surface area contributed by atoms with Gasteiger partial charge in [-0.1, -0.05) is 11.6 Å². The van der Waals surface area contributed by atoms with Gasteiger partial charge in [0, 0.05) is 24.1 Å². The van der Waals surface area contributed by atoms with Crippen LogP contribution in [0.3, 0.4) is 0 Å². The minimum absolute atomic E-state index is 0.0984. The van der Waals surface area contributed by atoms with Crippen molar-refractivity contribution in [3.8, 4) is 0 Å². The molecule has 1 aromatic carbocycles. The van der Waals surface area contributed by atoms with Crippen LogP contribution in [-0.2, 0) is 19.4 Å². The Morgan fingerprint density at radius 3 is 2.65 bits per heavy atom. The Morgan fingerprint density at radius 1 is 1.35 bits per heavy atom. The van der Waals surface area contributed by atoms with Gasteiger partial charge in [-0.15, -0.1) is 0 Å². The fourth-order valence-corrected chi connectivity index (χ4v) is 3.24. The molecule has 0 saturated carbocycles. The largest absolute Gasteiger partial charge is 0.381 e. The van der Waals surface area contributed by atoms with Crippen molar-refractivity contribution in [3.05, 3.63) is 29.3 Å². The molecule has 1 atom stereocenters. The maximum absolute atomic E-state index is 12.0. The number of benzene rings is 1. The first-order valence-corrected chi connectivity index (χ1v) is 8.33. The minimum atomic E-state index is -3.62. The van der Waals surface area contributed by atoms with E-state index in [1.165, 1.54) is 24.3 Å².